The molecule has 0 aromatic heterocycles. The van der Waals surface area contributed by atoms with Crippen molar-refractivity contribution in [2.75, 3.05) is 6.54 Å². The summed E-state index contributed by atoms with van der Waals surface area (Å²) in [5.74, 6) is 0. The molecular formula is C20H26N4O4. The Kier molecular flexibility index (Phi) is 6.44. The van der Waals surface area contributed by atoms with Crippen molar-refractivity contribution in [2.24, 2.45) is 30.8 Å². The molecule has 0 bridgehead atoms. The molecule has 2 fully saturated rings. The molecule has 2 rings (SSSR count). The maximum atomic E-state index is 11.5. The first-order valence-corrected chi connectivity index (χ1v) is 9.48. The van der Waals surface area contributed by atoms with E-state index in [0.29, 0.717) is 38.5 Å². The predicted molar refractivity (Wildman–Crippen MR) is 101 cm³/mol. The van der Waals surface area contributed by atoms with Crippen molar-refractivity contribution in [1.29, 1.82) is 0 Å². The van der Waals surface area contributed by atoms with Crippen molar-refractivity contribution in [3.8, 4) is 0 Å². The fourth-order valence-corrected chi connectivity index (χ4v) is 5.83. The van der Waals surface area contributed by atoms with Crippen LogP contribution in [-0.4, -0.2) is 48.0 Å². The molecule has 0 heterocycles. The molecule has 0 radical (unpaired) electrons. The van der Waals surface area contributed by atoms with E-state index in [2.05, 4.69) is 33.8 Å². The number of isocyanates is 4. The summed E-state index contributed by atoms with van der Waals surface area (Å²) in [6.45, 7) is 6.41. The van der Waals surface area contributed by atoms with Gasteiger partial charge in [-0.3, -0.25) is 0 Å². The molecule has 150 valence electrons. The highest BCUT2D eigenvalue weighted by molar-refractivity contribution is 5.41. The Morgan fingerprint density at radius 1 is 0.786 bits per heavy atom. The lowest BCUT2D eigenvalue weighted by Gasteiger charge is -2.57. The molecule has 2 saturated carbocycles. The van der Waals surface area contributed by atoms with Crippen LogP contribution < -0.4 is 0 Å². The van der Waals surface area contributed by atoms with Crippen LogP contribution in [-0.2, 0) is 19.2 Å². The topological polar surface area (TPSA) is 118 Å². The first-order valence-electron chi connectivity index (χ1n) is 9.48. The normalized spacial score (nSPS) is 36.6. The Morgan fingerprint density at radius 2 is 1.39 bits per heavy atom. The van der Waals surface area contributed by atoms with Crippen molar-refractivity contribution in [2.45, 2.75) is 82.8 Å². The number of carbonyl (C=O) groups excluding carboxylic acids is 4. The summed E-state index contributed by atoms with van der Waals surface area (Å²) in [4.78, 5) is 60.3. The van der Waals surface area contributed by atoms with Gasteiger partial charge in [-0.15, -0.1) is 0 Å². The molecular weight excluding hydrogens is 360 g/mol. The minimum absolute atomic E-state index is 0.174. The molecule has 2 aliphatic rings. The third-order valence-corrected chi connectivity index (χ3v) is 6.32. The van der Waals surface area contributed by atoms with Crippen LogP contribution >= 0.6 is 0 Å². The zero-order chi connectivity index (χ0) is 20.9. The number of hydrogen-bond acceptors (Lipinski definition) is 8. The maximum absolute atomic E-state index is 11.5. The Hall–Kier alpha value is -2.48. The number of nitrogens with zero attached hydrogens (tertiary/aromatic N) is 4. The lowest BCUT2D eigenvalue weighted by Crippen LogP contribution is -2.60. The highest BCUT2D eigenvalue weighted by Crippen LogP contribution is 2.59. The second kappa shape index (κ2) is 8.26. The summed E-state index contributed by atoms with van der Waals surface area (Å²) in [5.41, 5.74) is -2.53. The Balaban J connectivity index is 2.57. The van der Waals surface area contributed by atoms with E-state index in [1.807, 2.05) is 6.92 Å². The van der Waals surface area contributed by atoms with Crippen molar-refractivity contribution in [3.63, 3.8) is 0 Å². The number of rotatable bonds is 6. The van der Waals surface area contributed by atoms with Crippen LogP contribution in [0.15, 0.2) is 20.0 Å². The summed E-state index contributed by atoms with van der Waals surface area (Å²) < 4.78 is 0. The lowest BCUT2D eigenvalue weighted by molar-refractivity contribution is -0.00856. The van der Waals surface area contributed by atoms with Gasteiger partial charge in [0, 0.05) is 0 Å². The molecule has 0 spiro atoms. The molecule has 0 N–H and O–H groups in total. The highest BCUT2D eigenvalue weighted by Gasteiger charge is 2.61. The van der Waals surface area contributed by atoms with Gasteiger partial charge in [-0.1, -0.05) is 20.8 Å². The second-order valence-electron chi connectivity index (χ2n) is 9.33. The Morgan fingerprint density at radius 3 is 1.93 bits per heavy atom. The van der Waals surface area contributed by atoms with Crippen LogP contribution in [0.2, 0.25) is 0 Å². The van der Waals surface area contributed by atoms with Crippen LogP contribution in [0, 0.1) is 10.8 Å². The van der Waals surface area contributed by atoms with Gasteiger partial charge < -0.3 is 0 Å². The largest absolute Gasteiger partial charge is 0.235 e. The van der Waals surface area contributed by atoms with E-state index < -0.39 is 16.5 Å². The molecule has 0 aromatic rings. The minimum atomic E-state index is -0.961. The van der Waals surface area contributed by atoms with Gasteiger partial charge in [0.05, 0.1) is 18.1 Å². The summed E-state index contributed by atoms with van der Waals surface area (Å²) in [7, 11) is 0. The van der Waals surface area contributed by atoms with Crippen LogP contribution in [0.1, 0.15) is 65.7 Å². The van der Waals surface area contributed by atoms with Gasteiger partial charge in [0.1, 0.15) is 5.54 Å². The van der Waals surface area contributed by atoms with E-state index in [4.69, 9.17) is 0 Å². The van der Waals surface area contributed by atoms with E-state index in [-0.39, 0.29) is 18.0 Å². The van der Waals surface area contributed by atoms with Gasteiger partial charge in [-0.2, -0.15) is 9.98 Å². The smallest absolute Gasteiger partial charge is 0.211 e. The fourth-order valence-electron chi connectivity index (χ4n) is 5.83. The summed E-state index contributed by atoms with van der Waals surface area (Å²) in [6.07, 6.45) is 10.3. The standard InChI is InChI=1S/C20H26N4O4/c1-17(2)8-18(3,11-21-12-25)10-20(9-17,24-15-28)19(23-14-27)6-4-16(5-7-19)22-13-26/h16H,4-11H2,1-3H3. The predicted octanol–water partition coefficient (Wildman–Crippen LogP) is 2.97. The van der Waals surface area contributed by atoms with Gasteiger partial charge in [-0.05, 0) is 55.8 Å². The third-order valence-electron chi connectivity index (χ3n) is 6.32. The maximum Gasteiger partial charge on any atom is 0.235 e. The zero-order valence-corrected chi connectivity index (χ0v) is 16.7. The minimum Gasteiger partial charge on any atom is -0.211 e. The van der Waals surface area contributed by atoms with E-state index in [1.54, 1.807) is 24.3 Å². The molecule has 0 saturated heterocycles. The van der Waals surface area contributed by atoms with Crippen molar-refractivity contribution >= 4 is 24.3 Å². The molecule has 8 nitrogen and oxygen atoms in total. The van der Waals surface area contributed by atoms with E-state index in [0.717, 1.165) is 6.42 Å². The first kappa shape index (κ1) is 21.8. The Labute approximate surface area is 164 Å². The fraction of sp³-hybridized carbons (Fsp3) is 0.800. The molecule has 8 heteroatoms. The molecule has 0 aliphatic heterocycles. The van der Waals surface area contributed by atoms with Gasteiger partial charge in [0.2, 0.25) is 24.3 Å². The first-order chi connectivity index (χ1) is 13.2. The third kappa shape index (κ3) is 4.32. The molecule has 0 aromatic carbocycles. The quantitative estimate of drug-likeness (QED) is 0.515. The summed E-state index contributed by atoms with van der Waals surface area (Å²) >= 11 is 0. The SMILES string of the molecule is CC1(C)CC(C)(CN=C=O)CC(N=C=O)(C2(N=C=O)CCC(N=C=O)CC2)C1. The second-order valence-corrected chi connectivity index (χ2v) is 9.33. The van der Waals surface area contributed by atoms with Gasteiger partial charge in [-0.25, -0.2) is 29.2 Å². The van der Waals surface area contributed by atoms with E-state index in [1.165, 1.54) is 0 Å². The van der Waals surface area contributed by atoms with Gasteiger partial charge in [0.15, 0.2) is 0 Å². The summed E-state index contributed by atoms with van der Waals surface area (Å²) in [6, 6.07) is -0.174. The monoisotopic (exact) mass is 386 g/mol. The van der Waals surface area contributed by atoms with Gasteiger partial charge in [0.25, 0.3) is 0 Å². The van der Waals surface area contributed by atoms with E-state index >= 15 is 0 Å². The molecule has 28 heavy (non-hydrogen) atoms. The molecule has 2 unspecified atom stereocenters. The van der Waals surface area contributed by atoms with Crippen LogP contribution in [0.4, 0.5) is 0 Å². The summed E-state index contributed by atoms with van der Waals surface area (Å²) in [5, 5.41) is 0. The lowest BCUT2D eigenvalue weighted by atomic mass is 9.51. The van der Waals surface area contributed by atoms with Crippen molar-refractivity contribution in [3.05, 3.63) is 0 Å². The molecule has 2 atom stereocenters. The average Bonchev–Trinajstić information content (AvgIpc) is 2.61. The zero-order valence-electron chi connectivity index (χ0n) is 16.7. The number of aliphatic imine (C=N–C) groups is 4. The average molecular weight is 386 g/mol. The molecule has 0 amide bonds. The van der Waals surface area contributed by atoms with Gasteiger partial charge >= 0.3 is 0 Å². The van der Waals surface area contributed by atoms with Crippen molar-refractivity contribution in [1.82, 2.24) is 0 Å². The van der Waals surface area contributed by atoms with Crippen molar-refractivity contribution < 1.29 is 19.2 Å². The highest BCUT2D eigenvalue weighted by atomic mass is 16.1. The van der Waals surface area contributed by atoms with E-state index in [9.17, 15) is 19.2 Å². The van der Waals surface area contributed by atoms with Crippen LogP contribution in [0.5, 0.6) is 0 Å². The van der Waals surface area contributed by atoms with Crippen LogP contribution in [0.25, 0.3) is 0 Å². The number of hydrogen-bond donors (Lipinski definition) is 0. The van der Waals surface area contributed by atoms with Crippen LogP contribution in [0.3, 0.4) is 0 Å². The molecule has 2 aliphatic carbocycles. The Bertz CT molecular complexity index is 791.